The minimum Gasteiger partial charge on any atom is -0.375 e. The van der Waals surface area contributed by atoms with Crippen LogP contribution in [-0.2, 0) is 11.2 Å². The van der Waals surface area contributed by atoms with Crippen molar-refractivity contribution in [1.29, 1.82) is 0 Å². The minimum atomic E-state index is -0.156. The lowest BCUT2D eigenvalue weighted by Crippen LogP contribution is -2.14. The van der Waals surface area contributed by atoms with Crippen LogP contribution in [0.5, 0.6) is 0 Å². The van der Waals surface area contributed by atoms with Gasteiger partial charge in [-0.2, -0.15) is 5.10 Å². The number of aryl methyl sites for hydroxylation is 1. The molecule has 7 heteroatoms. The molecule has 0 aliphatic carbocycles. The second-order valence-corrected chi connectivity index (χ2v) is 4.23. The van der Waals surface area contributed by atoms with E-state index in [1.165, 1.54) is 11.3 Å². The van der Waals surface area contributed by atoms with Crippen LogP contribution in [0.3, 0.4) is 0 Å². The molecule has 0 atom stereocenters. The number of thiazole rings is 1. The lowest BCUT2D eigenvalue weighted by Gasteiger charge is -1.98. The number of carbonyl (C=O) groups excluding carboxylic acids is 1. The van der Waals surface area contributed by atoms with E-state index in [1.54, 1.807) is 11.4 Å². The molecule has 6 nitrogen and oxygen atoms in total. The van der Waals surface area contributed by atoms with Gasteiger partial charge in [0.25, 0.3) is 0 Å². The molecule has 0 fully saturated rings. The molecule has 2 aromatic heterocycles. The van der Waals surface area contributed by atoms with Crippen LogP contribution in [0, 0.1) is 6.92 Å². The smallest absolute Gasteiger partial charge is 0.231 e. The number of anilines is 2. The van der Waals surface area contributed by atoms with Gasteiger partial charge in [0.05, 0.1) is 12.1 Å². The third-order valence-electron chi connectivity index (χ3n) is 1.88. The highest BCUT2D eigenvalue weighted by Crippen LogP contribution is 2.12. The molecule has 0 aromatic carbocycles. The van der Waals surface area contributed by atoms with Crippen molar-refractivity contribution in [1.82, 2.24) is 15.2 Å². The molecule has 4 N–H and O–H groups in total. The summed E-state index contributed by atoms with van der Waals surface area (Å²) in [6, 6.07) is 1.76. The zero-order chi connectivity index (χ0) is 11.5. The van der Waals surface area contributed by atoms with Gasteiger partial charge in [0, 0.05) is 17.1 Å². The predicted octanol–water partition coefficient (Wildman–Crippen LogP) is 0.938. The Kier molecular flexibility index (Phi) is 2.86. The fourth-order valence-electron chi connectivity index (χ4n) is 1.24. The molecule has 0 radical (unpaired) electrons. The third-order valence-corrected chi connectivity index (χ3v) is 2.61. The summed E-state index contributed by atoms with van der Waals surface area (Å²) in [7, 11) is 0. The first kappa shape index (κ1) is 10.6. The zero-order valence-electron chi connectivity index (χ0n) is 8.65. The largest absolute Gasteiger partial charge is 0.375 e. The van der Waals surface area contributed by atoms with E-state index in [0.717, 1.165) is 5.69 Å². The lowest BCUT2D eigenvalue weighted by atomic mass is 10.3. The number of aromatic amines is 1. The summed E-state index contributed by atoms with van der Waals surface area (Å²) in [5.41, 5.74) is 7.04. The van der Waals surface area contributed by atoms with E-state index in [0.29, 0.717) is 16.6 Å². The first-order valence-electron chi connectivity index (χ1n) is 4.65. The highest BCUT2D eigenvalue weighted by Gasteiger charge is 2.08. The number of nitrogens with one attached hydrogen (secondary N) is 2. The molecule has 0 saturated heterocycles. The monoisotopic (exact) mass is 237 g/mol. The Morgan fingerprint density at radius 3 is 3.06 bits per heavy atom. The maximum atomic E-state index is 11.6. The fraction of sp³-hybridized carbons (Fsp3) is 0.222. The van der Waals surface area contributed by atoms with Crippen molar-refractivity contribution in [2.75, 3.05) is 11.1 Å². The number of H-pyrrole nitrogens is 1. The summed E-state index contributed by atoms with van der Waals surface area (Å²) in [4.78, 5) is 15.6. The number of nitrogen functional groups attached to an aromatic ring is 1. The van der Waals surface area contributed by atoms with Gasteiger partial charge in [-0.1, -0.05) is 0 Å². The average Bonchev–Trinajstić information content (AvgIpc) is 2.76. The molecule has 2 rings (SSSR count). The first-order chi connectivity index (χ1) is 7.63. The van der Waals surface area contributed by atoms with Gasteiger partial charge in [0.2, 0.25) is 5.91 Å². The number of hydrogen-bond donors (Lipinski definition) is 3. The molecule has 0 saturated carbocycles. The predicted molar refractivity (Wildman–Crippen MR) is 62.2 cm³/mol. The number of amides is 1. The van der Waals surface area contributed by atoms with E-state index < -0.39 is 0 Å². The van der Waals surface area contributed by atoms with Gasteiger partial charge in [0.1, 0.15) is 0 Å². The van der Waals surface area contributed by atoms with Crippen LogP contribution >= 0.6 is 11.3 Å². The summed E-state index contributed by atoms with van der Waals surface area (Å²) in [5, 5.41) is 11.5. The number of nitrogens with zero attached hydrogens (tertiary/aromatic N) is 2. The molecule has 0 aliphatic rings. The van der Waals surface area contributed by atoms with Gasteiger partial charge in [-0.15, -0.1) is 11.3 Å². The van der Waals surface area contributed by atoms with Gasteiger partial charge in [-0.05, 0) is 6.92 Å². The van der Waals surface area contributed by atoms with Gasteiger partial charge >= 0.3 is 0 Å². The number of aromatic nitrogens is 3. The van der Waals surface area contributed by atoms with E-state index in [9.17, 15) is 4.79 Å². The molecule has 0 unspecified atom stereocenters. The molecule has 0 bridgehead atoms. The Hall–Kier alpha value is -1.89. The number of hydrogen-bond acceptors (Lipinski definition) is 5. The summed E-state index contributed by atoms with van der Waals surface area (Å²) in [6.07, 6.45) is 0.208. The first-order valence-corrected chi connectivity index (χ1v) is 5.53. The van der Waals surface area contributed by atoms with Crippen molar-refractivity contribution in [3.05, 3.63) is 22.8 Å². The van der Waals surface area contributed by atoms with Crippen molar-refractivity contribution >= 4 is 28.2 Å². The second-order valence-electron chi connectivity index (χ2n) is 3.34. The third kappa shape index (κ3) is 2.57. The van der Waals surface area contributed by atoms with E-state index in [2.05, 4.69) is 20.5 Å². The Morgan fingerprint density at radius 1 is 1.69 bits per heavy atom. The number of rotatable bonds is 3. The molecular formula is C9H11N5OS. The zero-order valence-corrected chi connectivity index (χ0v) is 9.47. The summed E-state index contributed by atoms with van der Waals surface area (Å²) >= 11 is 1.32. The fourth-order valence-corrected chi connectivity index (χ4v) is 1.80. The number of carbonyl (C=O) groups is 1. The molecule has 2 heterocycles. The van der Waals surface area contributed by atoms with Crippen LogP contribution in [-0.4, -0.2) is 21.1 Å². The molecule has 1 amide bonds. The SMILES string of the molecule is Cc1cc(NC(=O)Cc2csc(N)n2)n[nH]1. The summed E-state index contributed by atoms with van der Waals surface area (Å²) < 4.78 is 0. The standard InChI is InChI=1S/C9H11N5OS/c1-5-2-7(14-13-5)12-8(15)3-6-4-16-9(10)11-6/h2,4H,3H2,1H3,(H2,10,11)(H2,12,13,14,15). The minimum absolute atomic E-state index is 0.156. The molecule has 0 aliphatic heterocycles. The highest BCUT2D eigenvalue weighted by molar-refractivity contribution is 7.13. The highest BCUT2D eigenvalue weighted by atomic mass is 32.1. The Balaban J connectivity index is 1.94. The Bertz CT molecular complexity index is 459. The Morgan fingerprint density at radius 2 is 2.50 bits per heavy atom. The molecular weight excluding hydrogens is 226 g/mol. The van der Waals surface area contributed by atoms with E-state index in [4.69, 9.17) is 5.73 Å². The van der Waals surface area contributed by atoms with Crippen LogP contribution < -0.4 is 11.1 Å². The van der Waals surface area contributed by atoms with Crippen LogP contribution in [0.15, 0.2) is 11.4 Å². The van der Waals surface area contributed by atoms with E-state index in [-0.39, 0.29) is 12.3 Å². The van der Waals surface area contributed by atoms with Crippen molar-refractivity contribution in [3.63, 3.8) is 0 Å². The topological polar surface area (TPSA) is 96.7 Å². The van der Waals surface area contributed by atoms with Gasteiger partial charge < -0.3 is 11.1 Å². The van der Waals surface area contributed by atoms with Crippen LogP contribution in [0.25, 0.3) is 0 Å². The maximum absolute atomic E-state index is 11.6. The Labute approximate surface area is 95.9 Å². The summed E-state index contributed by atoms with van der Waals surface area (Å²) in [5.74, 6) is 0.363. The van der Waals surface area contributed by atoms with Crippen LogP contribution in [0.4, 0.5) is 10.9 Å². The maximum Gasteiger partial charge on any atom is 0.231 e. The van der Waals surface area contributed by atoms with Gasteiger partial charge in [0.15, 0.2) is 10.9 Å². The quantitative estimate of drug-likeness (QED) is 0.740. The van der Waals surface area contributed by atoms with E-state index in [1.807, 2.05) is 6.92 Å². The molecule has 84 valence electrons. The van der Waals surface area contributed by atoms with E-state index >= 15 is 0 Å². The molecule has 2 aromatic rings. The summed E-state index contributed by atoms with van der Waals surface area (Å²) in [6.45, 7) is 1.86. The normalized spacial score (nSPS) is 10.3. The van der Waals surface area contributed by atoms with Gasteiger partial charge in [-0.3, -0.25) is 9.89 Å². The lowest BCUT2D eigenvalue weighted by molar-refractivity contribution is -0.115. The van der Waals surface area contributed by atoms with Crippen LogP contribution in [0.2, 0.25) is 0 Å². The van der Waals surface area contributed by atoms with Gasteiger partial charge in [-0.25, -0.2) is 4.98 Å². The number of nitrogens with two attached hydrogens (primary N) is 1. The van der Waals surface area contributed by atoms with Crippen molar-refractivity contribution in [3.8, 4) is 0 Å². The average molecular weight is 237 g/mol. The molecule has 16 heavy (non-hydrogen) atoms. The van der Waals surface area contributed by atoms with Crippen LogP contribution in [0.1, 0.15) is 11.4 Å². The second kappa shape index (κ2) is 4.31. The molecule has 0 spiro atoms. The van der Waals surface area contributed by atoms with Crippen molar-refractivity contribution in [2.45, 2.75) is 13.3 Å². The van der Waals surface area contributed by atoms with Crippen molar-refractivity contribution < 1.29 is 4.79 Å². The van der Waals surface area contributed by atoms with Crippen molar-refractivity contribution in [2.24, 2.45) is 0 Å².